The first-order valence-electron chi connectivity index (χ1n) is 4.76. The van der Waals surface area contributed by atoms with Crippen LogP contribution in [0.15, 0.2) is 17.5 Å². The van der Waals surface area contributed by atoms with E-state index in [0.29, 0.717) is 11.5 Å². The van der Waals surface area contributed by atoms with Crippen LogP contribution in [0.5, 0.6) is 0 Å². The molecule has 5 heteroatoms. The summed E-state index contributed by atoms with van der Waals surface area (Å²) in [5.74, 6) is -0.0246. The maximum Gasteiger partial charge on any atom is 0.233 e. The Morgan fingerprint density at radius 2 is 2.40 bits per heavy atom. The standard InChI is InChI=1S/C10H12N2OS2/c11-8(14)10(3-4-10)9(13)12-6-7-2-1-5-15-7/h1-2,5H,3-4,6H2,(H2,11,14)(H,12,13). The Morgan fingerprint density at radius 3 is 2.87 bits per heavy atom. The highest BCUT2D eigenvalue weighted by molar-refractivity contribution is 7.80. The van der Waals surface area contributed by atoms with Crippen LogP contribution in [0.3, 0.4) is 0 Å². The Morgan fingerprint density at radius 1 is 1.67 bits per heavy atom. The van der Waals surface area contributed by atoms with Crippen molar-refractivity contribution in [3.63, 3.8) is 0 Å². The smallest absolute Gasteiger partial charge is 0.233 e. The van der Waals surface area contributed by atoms with Crippen molar-refractivity contribution in [1.29, 1.82) is 0 Å². The molecule has 0 spiro atoms. The second-order valence-corrected chi connectivity index (χ2v) is 5.18. The molecule has 0 unspecified atom stereocenters. The lowest BCUT2D eigenvalue weighted by Crippen LogP contribution is -2.39. The van der Waals surface area contributed by atoms with Crippen LogP contribution in [0, 0.1) is 5.41 Å². The monoisotopic (exact) mass is 240 g/mol. The van der Waals surface area contributed by atoms with E-state index in [-0.39, 0.29) is 5.91 Å². The summed E-state index contributed by atoms with van der Waals surface area (Å²) in [6.45, 7) is 0.570. The Balaban J connectivity index is 1.91. The molecule has 1 saturated carbocycles. The highest BCUT2D eigenvalue weighted by Gasteiger charge is 2.52. The van der Waals surface area contributed by atoms with Gasteiger partial charge in [-0.3, -0.25) is 4.79 Å². The van der Waals surface area contributed by atoms with Gasteiger partial charge in [-0.1, -0.05) is 18.3 Å². The summed E-state index contributed by atoms with van der Waals surface area (Å²) in [4.78, 5) is 13.3. The summed E-state index contributed by atoms with van der Waals surface area (Å²) < 4.78 is 0. The summed E-state index contributed by atoms with van der Waals surface area (Å²) >= 11 is 6.53. The van der Waals surface area contributed by atoms with Crippen molar-refractivity contribution in [2.75, 3.05) is 0 Å². The average molecular weight is 240 g/mol. The van der Waals surface area contributed by atoms with Crippen LogP contribution < -0.4 is 11.1 Å². The molecule has 3 N–H and O–H groups in total. The minimum Gasteiger partial charge on any atom is -0.392 e. The number of nitrogens with two attached hydrogens (primary N) is 1. The Labute approximate surface area is 97.7 Å². The largest absolute Gasteiger partial charge is 0.392 e. The van der Waals surface area contributed by atoms with Gasteiger partial charge in [0, 0.05) is 4.88 Å². The molecule has 1 aliphatic rings. The van der Waals surface area contributed by atoms with Crippen LogP contribution in [-0.4, -0.2) is 10.9 Å². The van der Waals surface area contributed by atoms with E-state index >= 15 is 0 Å². The zero-order valence-electron chi connectivity index (χ0n) is 8.16. The second-order valence-electron chi connectivity index (χ2n) is 3.71. The Hall–Kier alpha value is -0.940. The summed E-state index contributed by atoms with van der Waals surface area (Å²) in [5, 5.41) is 4.86. The maximum absolute atomic E-state index is 11.8. The second kappa shape index (κ2) is 3.90. The summed E-state index contributed by atoms with van der Waals surface area (Å²) in [5.41, 5.74) is 5.02. The lowest BCUT2D eigenvalue weighted by molar-refractivity contribution is -0.124. The fourth-order valence-electron chi connectivity index (χ4n) is 1.46. The van der Waals surface area contributed by atoms with Crippen LogP contribution in [0.25, 0.3) is 0 Å². The van der Waals surface area contributed by atoms with Crippen LogP contribution in [0.1, 0.15) is 17.7 Å². The minimum absolute atomic E-state index is 0.0246. The summed E-state index contributed by atoms with van der Waals surface area (Å²) in [6.07, 6.45) is 1.58. The topological polar surface area (TPSA) is 55.1 Å². The lowest BCUT2D eigenvalue weighted by atomic mass is 10.1. The molecular weight excluding hydrogens is 228 g/mol. The first-order chi connectivity index (χ1) is 7.15. The third-order valence-electron chi connectivity index (χ3n) is 2.66. The van der Waals surface area contributed by atoms with E-state index in [1.54, 1.807) is 11.3 Å². The highest BCUT2D eigenvalue weighted by atomic mass is 32.1. The molecule has 0 aliphatic heterocycles. The summed E-state index contributed by atoms with van der Waals surface area (Å²) in [6, 6.07) is 3.96. The molecular formula is C10H12N2OS2. The Kier molecular flexibility index (Phi) is 2.75. The van der Waals surface area contributed by atoms with Gasteiger partial charge in [0.25, 0.3) is 0 Å². The van der Waals surface area contributed by atoms with Crippen molar-refractivity contribution in [1.82, 2.24) is 5.32 Å². The van der Waals surface area contributed by atoms with E-state index < -0.39 is 5.41 Å². The van der Waals surface area contributed by atoms with Crippen molar-refractivity contribution in [3.05, 3.63) is 22.4 Å². The predicted octanol–water partition coefficient (Wildman–Crippen LogP) is 1.43. The molecule has 1 aliphatic carbocycles. The first kappa shape index (κ1) is 10.6. The van der Waals surface area contributed by atoms with Crippen molar-refractivity contribution >= 4 is 34.5 Å². The van der Waals surface area contributed by atoms with E-state index in [1.807, 2.05) is 17.5 Å². The molecule has 80 valence electrons. The quantitative estimate of drug-likeness (QED) is 0.783. The molecule has 1 fully saturated rings. The number of amides is 1. The first-order valence-corrected chi connectivity index (χ1v) is 6.04. The zero-order chi connectivity index (χ0) is 10.9. The number of rotatable bonds is 4. The molecule has 0 saturated heterocycles. The van der Waals surface area contributed by atoms with Crippen LogP contribution in [-0.2, 0) is 11.3 Å². The SMILES string of the molecule is NC(=S)C1(C(=O)NCc2cccs2)CC1. The molecule has 1 aromatic heterocycles. The maximum atomic E-state index is 11.8. The number of carbonyl (C=O) groups is 1. The third-order valence-corrected chi connectivity index (χ3v) is 3.93. The number of carbonyl (C=O) groups excluding carboxylic acids is 1. The molecule has 0 bridgehead atoms. The van der Waals surface area contributed by atoms with Gasteiger partial charge in [-0.2, -0.15) is 0 Å². The minimum atomic E-state index is -0.535. The van der Waals surface area contributed by atoms with Gasteiger partial charge in [-0.05, 0) is 24.3 Å². The number of thiocarbonyl (C=S) groups is 1. The predicted molar refractivity (Wildman–Crippen MR) is 64.6 cm³/mol. The molecule has 0 atom stereocenters. The highest BCUT2D eigenvalue weighted by Crippen LogP contribution is 2.46. The van der Waals surface area contributed by atoms with Crippen molar-refractivity contribution in [2.24, 2.45) is 11.1 Å². The number of nitrogens with one attached hydrogen (secondary N) is 1. The van der Waals surface area contributed by atoms with Gasteiger partial charge in [0.15, 0.2) is 0 Å². The summed E-state index contributed by atoms with van der Waals surface area (Å²) in [7, 11) is 0. The molecule has 2 rings (SSSR count). The molecule has 1 aromatic rings. The molecule has 0 aromatic carbocycles. The molecule has 3 nitrogen and oxygen atoms in total. The van der Waals surface area contributed by atoms with Crippen LogP contribution in [0.2, 0.25) is 0 Å². The normalized spacial score (nSPS) is 17.1. The van der Waals surface area contributed by atoms with Gasteiger partial charge < -0.3 is 11.1 Å². The van der Waals surface area contributed by atoms with Gasteiger partial charge in [-0.15, -0.1) is 11.3 Å². The van der Waals surface area contributed by atoms with E-state index in [0.717, 1.165) is 17.7 Å². The molecule has 15 heavy (non-hydrogen) atoms. The van der Waals surface area contributed by atoms with E-state index in [2.05, 4.69) is 5.32 Å². The van der Waals surface area contributed by atoms with Gasteiger partial charge in [0.2, 0.25) is 5.91 Å². The number of thiophene rings is 1. The third kappa shape index (κ3) is 2.03. The van der Waals surface area contributed by atoms with Gasteiger partial charge in [0.1, 0.15) is 0 Å². The zero-order valence-corrected chi connectivity index (χ0v) is 9.79. The van der Waals surface area contributed by atoms with Crippen molar-refractivity contribution in [2.45, 2.75) is 19.4 Å². The lowest BCUT2D eigenvalue weighted by Gasteiger charge is -2.12. The average Bonchev–Trinajstić information content (AvgIpc) is 2.87. The fourth-order valence-corrected chi connectivity index (χ4v) is 2.40. The van der Waals surface area contributed by atoms with E-state index in [9.17, 15) is 4.79 Å². The molecule has 0 radical (unpaired) electrons. The number of hydrogen-bond acceptors (Lipinski definition) is 3. The van der Waals surface area contributed by atoms with Crippen molar-refractivity contribution in [3.8, 4) is 0 Å². The Bertz CT molecular complexity index is 382. The van der Waals surface area contributed by atoms with Crippen LogP contribution in [0.4, 0.5) is 0 Å². The van der Waals surface area contributed by atoms with Gasteiger partial charge >= 0.3 is 0 Å². The number of hydrogen-bond donors (Lipinski definition) is 2. The van der Waals surface area contributed by atoms with Crippen molar-refractivity contribution < 1.29 is 4.79 Å². The molecule has 1 heterocycles. The van der Waals surface area contributed by atoms with Gasteiger partial charge in [-0.25, -0.2) is 0 Å². The fraction of sp³-hybridized carbons (Fsp3) is 0.400. The van der Waals surface area contributed by atoms with E-state index in [1.165, 1.54) is 0 Å². The van der Waals surface area contributed by atoms with E-state index in [4.69, 9.17) is 18.0 Å². The van der Waals surface area contributed by atoms with Crippen LogP contribution >= 0.6 is 23.6 Å². The van der Waals surface area contributed by atoms with Gasteiger partial charge in [0.05, 0.1) is 16.9 Å². The molecule has 1 amide bonds.